The van der Waals surface area contributed by atoms with E-state index in [4.69, 9.17) is 12.2 Å². The van der Waals surface area contributed by atoms with Gasteiger partial charge in [-0.15, -0.1) is 11.3 Å². The van der Waals surface area contributed by atoms with E-state index in [9.17, 15) is 45.8 Å². The SMILES string of the molecule is O=C(CCN1C(=O)C(=Cc2cc(-c3cc(C(F)(F)F)cc(C(F)(F)F)c3)cs2)SC1=S)N[C@@H]1CCC[C@@H](C(=O)O)C1. The molecular formula is C26H22F6N2O4S3. The van der Waals surface area contributed by atoms with Crippen molar-refractivity contribution in [3.8, 4) is 11.1 Å². The zero-order valence-electron chi connectivity index (χ0n) is 21.0. The predicted octanol–water partition coefficient (Wildman–Crippen LogP) is 6.80. The number of carboxylic acid groups (broad SMARTS) is 1. The van der Waals surface area contributed by atoms with Crippen LogP contribution >= 0.6 is 35.3 Å². The highest BCUT2D eigenvalue weighted by molar-refractivity contribution is 8.26. The van der Waals surface area contributed by atoms with E-state index >= 15 is 0 Å². The van der Waals surface area contributed by atoms with Gasteiger partial charge in [-0.05, 0) is 66.1 Å². The highest BCUT2D eigenvalue weighted by atomic mass is 32.2. The third-order valence-corrected chi connectivity index (χ3v) is 8.90. The van der Waals surface area contributed by atoms with Crippen molar-refractivity contribution in [3.05, 3.63) is 50.6 Å². The number of carbonyl (C=O) groups excluding carboxylic acids is 2. The lowest BCUT2D eigenvalue weighted by molar-refractivity contribution is -0.144. The van der Waals surface area contributed by atoms with Crippen molar-refractivity contribution < 1.29 is 45.8 Å². The van der Waals surface area contributed by atoms with Crippen LogP contribution in [0.1, 0.15) is 48.1 Å². The number of thiocarbonyl (C=S) groups is 1. The number of aliphatic carboxylic acids is 1. The van der Waals surface area contributed by atoms with E-state index in [-0.39, 0.29) is 51.3 Å². The van der Waals surface area contributed by atoms with E-state index in [1.165, 1.54) is 22.4 Å². The molecule has 2 aliphatic rings. The Hall–Kier alpha value is -2.91. The number of carbonyl (C=O) groups is 3. The van der Waals surface area contributed by atoms with Crippen LogP contribution in [0.5, 0.6) is 0 Å². The Balaban J connectivity index is 1.43. The van der Waals surface area contributed by atoms with Gasteiger partial charge < -0.3 is 10.4 Å². The minimum absolute atomic E-state index is 0.0108. The first-order valence-corrected chi connectivity index (χ1v) is 14.4. The molecule has 1 saturated carbocycles. The number of nitrogens with one attached hydrogen (secondary N) is 1. The first kappa shape index (κ1) is 31.0. The summed E-state index contributed by atoms with van der Waals surface area (Å²) in [7, 11) is 0. The molecule has 0 unspecified atom stereocenters. The molecule has 0 bridgehead atoms. The molecule has 6 nitrogen and oxygen atoms in total. The number of hydrogen-bond donors (Lipinski definition) is 2. The normalized spacial score (nSPS) is 21.0. The summed E-state index contributed by atoms with van der Waals surface area (Å²) in [5.41, 5.74) is -3.00. The molecular weight excluding hydrogens is 614 g/mol. The summed E-state index contributed by atoms with van der Waals surface area (Å²) in [5.74, 6) is -2.23. The van der Waals surface area contributed by atoms with Gasteiger partial charge in [0.05, 0.1) is 21.9 Å². The van der Waals surface area contributed by atoms with E-state index < -0.39 is 41.3 Å². The van der Waals surface area contributed by atoms with Gasteiger partial charge in [-0.1, -0.05) is 30.4 Å². The highest BCUT2D eigenvalue weighted by Gasteiger charge is 2.37. The molecule has 2 aromatic rings. The Bertz CT molecular complexity index is 1370. The third kappa shape index (κ3) is 7.68. The van der Waals surface area contributed by atoms with Gasteiger partial charge in [0.15, 0.2) is 0 Å². The van der Waals surface area contributed by atoms with Gasteiger partial charge in [-0.3, -0.25) is 19.3 Å². The Kier molecular flexibility index (Phi) is 9.19. The number of hydrogen-bond acceptors (Lipinski definition) is 6. The zero-order chi connectivity index (χ0) is 30.1. The molecule has 15 heteroatoms. The Labute approximate surface area is 243 Å². The van der Waals surface area contributed by atoms with Crippen LogP contribution in [0.15, 0.2) is 34.6 Å². The van der Waals surface area contributed by atoms with E-state index in [1.807, 2.05) is 0 Å². The first-order chi connectivity index (χ1) is 19.1. The topological polar surface area (TPSA) is 86.7 Å². The van der Waals surface area contributed by atoms with Crippen molar-refractivity contribution in [2.45, 2.75) is 50.5 Å². The van der Waals surface area contributed by atoms with Crippen LogP contribution in [0.4, 0.5) is 26.3 Å². The summed E-state index contributed by atoms with van der Waals surface area (Å²) in [6, 6.07) is 2.46. The maximum atomic E-state index is 13.2. The number of nitrogens with zero attached hydrogens (tertiary/aromatic N) is 1. The Morgan fingerprint density at radius 1 is 1.05 bits per heavy atom. The van der Waals surface area contributed by atoms with E-state index in [0.29, 0.717) is 42.7 Å². The number of benzene rings is 1. The third-order valence-electron chi connectivity index (χ3n) is 6.64. The molecule has 4 rings (SSSR count). The minimum atomic E-state index is -4.98. The second kappa shape index (κ2) is 12.1. The lowest BCUT2D eigenvalue weighted by atomic mass is 9.86. The van der Waals surface area contributed by atoms with Crippen molar-refractivity contribution >= 4 is 63.5 Å². The van der Waals surface area contributed by atoms with Gasteiger partial charge >= 0.3 is 18.3 Å². The standard InChI is InChI=1S/C26H22F6N2O4S3/c27-25(28,29)16-6-14(7-17(10-16)26(30,31)32)15-9-19(40-12-15)11-20-22(36)34(24(39)41-20)5-4-21(35)33-18-3-1-2-13(8-18)23(37)38/h6-7,9-13,18H,1-5,8H2,(H,33,35)(H,37,38)/t13-,18-/m1/s1. The number of carboxylic acids is 1. The van der Waals surface area contributed by atoms with Gasteiger partial charge in [0.25, 0.3) is 5.91 Å². The van der Waals surface area contributed by atoms with Crippen LogP contribution in [0.25, 0.3) is 17.2 Å². The molecule has 220 valence electrons. The maximum Gasteiger partial charge on any atom is 0.416 e. The van der Waals surface area contributed by atoms with Gasteiger partial charge in [-0.2, -0.15) is 26.3 Å². The molecule has 1 aliphatic carbocycles. The second-order valence-electron chi connectivity index (χ2n) is 9.58. The molecule has 1 aliphatic heterocycles. The fourth-order valence-electron chi connectivity index (χ4n) is 4.58. The fourth-order valence-corrected chi connectivity index (χ4v) is 6.80. The molecule has 0 spiro atoms. The second-order valence-corrected chi connectivity index (χ2v) is 12.2. The van der Waals surface area contributed by atoms with Crippen molar-refractivity contribution in [3.63, 3.8) is 0 Å². The maximum absolute atomic E-state index is 13.2. The monoisotopic (exact) mass is 636 g/mol. The lowest BCUT2D eigenvalue weighted by Crippen LogP contribution is -2.41. The lowest BCUT2D eigenvalue weighted by Gasteiger charge is -2.27. The summed E-state index contributed by atoms with van der Waals surface area (Å²) >= 11 is 7.26. The number of alkyl halides is 6. The summed E-state index contributed by atoms with van der Waals surface area (Å²) in [6.07, 6.45) is -6.32. The van der Waals surface area contributed by atoms with Crippen molar-refractivity contribution in [1.82, 2.24) is 10.2 Å². The molecule has 41 heavy (non-hydrogen) atoms. The van der Waals surface area contributed by atoms with Crippen LogP contribution in [0.3, 0.4) is 0 Å². The van der Waals surface area contributed by atoms with Gasteiger partial charge in [0.2, 0.25) is 5.91 Å². The number of thiophene rings is 1. The van der Waals surface area contributed by atoms with Crippen LogP contribution in [0, 0.1) is 5.92 Å². The zero-order valence-corrected chi connectivity index (χ0v) is 23.4. The van der Waals surface area contributed by atoms with Gasteiger partial charge in [-0.25, -0.2) is 0 Å². The van der Waals surface area contributed by atoms with Crippen molar-refractivity contribution in [2.24, 2.45) is 5.92 Å². The smallest absolute Gasteiger partial charge is 0.416 e. The van der Waals surface area contributed by atoms with E-state index in [2.05, 4.69) is 5.32 Å². The summed E-state index contributed by atoms with van der Waals surface area (Å²) in [6.45, 7) is -0.0108. The molecule has 2 N–H and O–H groups in total. The van der Waals surface area contributed by atoms with Crippen LogP contribution in [-0.2, 0) is 26.7 Å². The van der Waals surface area contributed by atoms with Crippen LogP contribution in [0.2, 0.25) is 0 Å². The molecule has 2 atom stereocenters. The molecule has 2 fully saturated rings. The molecule has 1 saturated heterocycles. The van der Waals surface area contributed by atoms with Crippen LogP contribution in [-0.4, -0.2) is 44.7 Å². The molecule has 1 aromatic carbocycles. The Morgan fingerprint density at radius 3 is 2.32 bits per heavy atom. The average molecular weight is 637 g/mol. The quantitative estimate of drug-likeness (QED) is 0.198. The molecule has 2 heterocycles. The van der Waals surface area contributed by atoms with Gasteiger partial charge in [0, 0.05) is 23.9 Å². The largest absolute Gasteiger partial charge is 0.481 e. The Morgan fingerprint density at radius 2 is 1.71 bits per heavy atom. The predicted molar refractivity (Wildman–Crippen MR) is 146 cm³/mol. The van der Waals surface area contributed by atoms with Crippen LogP contribution < -0.4 is 5.32 Å². The number of rotatable bonds is 7. The summed E-state index contributed by atoms with van der Waals surface area (Å²) in [4.78, 5) is 38.5. The fraction of sp³-hybridized carbons (Fsp3) is 0.385. The average Bonchev–Trinajstić information content (AvgIpc) is 3.45. The van der Waals surface area contributed by atoms with Crippen molar-refractivity contribution in [1.29, 1.82) is 0 Å². The van der Waals surface area contributed by atoms with E-state index in [0.717, 1.165) is 23.1 Å². The van der Waals surface area contributed by atoms with Gasteiger partial charge in [0.1, 0.15) is 4.32 Å². The molecule has 0 radical (unpaired) electrons. The van der Waals surface area contributed by atoms with E-state index in [1.54, 1.807) is 0 Å². The number of halogens is 6. The number of amides is 2. The molecule has 2 amide bonds. The highest BCUT2D eigenvalue weighted by Crippen LogP contribution is 2.40. The summed E-state index contributed by atoms with van der Waals surface area (Å²) < 4.78 is 79.6. The first-order valence-electron chi connectivity index (χ1n) is 12.3. The summed E-state index contributed by atoms with van der Waals surface area (Å²) in [5, 5.41) is 13.4. The van der Waals surface area contributed by atoms with Crippen molar-refractivity contribution in [2.75, 3.05) is 6.54 Å². The minimum Gasteiger partial charge on any atom is -0.481 e. The molecule has 1 aromatic heterocycles. The number of thioether (sulfide) groups is 1.